The fraction of sp³-hybridized carbons (Fsp3) is 0.220. The SMILES string of the molecule is C=C(CC/C(=C\C)c1ccc(N(c2ccccc2C)C2C=CC=CC2C)cc1)N1c2ccccc2C=CC2C=CC=CC21. The molecule has 0 N–H and O–H groups in total. The highest BCUT2D eigenvalue weighted by molar-refractivity contribution is 5.75. The van der Waals surface area contributed by atoms with Crippen LogP contribution in [-0.4, -0.2) is 12.1 Å². The van der Waals surface area contributed by atoms with Crippen LogP contribution in [0.3, 0.4) is 0 Å². The Hall–Kier alpha value is -4.56. The van der Waals surface area contributed by atoms with Gasteiger partial charge in [-0.2, -0.15) is 0 Å². The summed E-state index contributed by atoms with van der Waals surface area (Å²) < 4.78 is 0. The number of hydrogen-bond donors (Lipinski definition) is 0. The van der Waals surface area contributed by atoms with Gasteiger partial charge >= 0.3 is 0 Å². The molecule has 2 heteroatoms. The average molecular weight is 563 g/mol. The fourth-order valence-corrected chi connectivity index (χ4v) is 6.68. The van der Waals surface area contributed by atoms with E-state index in [4.69, 9.17) is 0 Å². The molecule has 216 valence electrons. The van der Waals surface area contributed by atoms with Gasteiger partial charge in [-0.3, -0.25) is 0 Å². The van der Waals surface area contributed by atoms with Crippen molar-refractivity contribution >= 4 is 28.7 Å². The molecule has 3 aromatic rings. The molecule has 0 amide bonds. The van der Waals surface area contributed by atoms with Crippen molar-refractivity contribution in [2.24, 2.45) is 11.8 Å². The fourth-order valence-electron chi connectivity index (χ4n) is 6.68. The number of hydrogen-bond acceptors (Lipinski definition) is 2. The van der Waals surface area contributed by atoms with Crippen LogP contribution in [0.15, 0.2) is 146 Å². The highest BCUT2D eigenvalue weighted by Crippen LogP contribution is 2.39. The quantitative estimate of drug-likeness (QED) is 0.269. The Kier molecular flexibility index (Phi) is 8.47. The van der Waals surface area contributed by atoms with E-state index in [9.17, 15) is 0 Å². The summed E-state index contributed by atoms with van der Waals surface area (Å²) in [4.78, 5) is 4.96. The van der Waals surface area contributed by atoms with Gasteiger partial charge in [-0.15, -0.1) is 0 Å². The number of rotatable bonds is 8. The first kappa shape index (κ1) is 28.6. The lowest BCUT2D eigenvalue weighted by molar-refractivity contribution is 0.609. The van der Waals surface area contributed by atoms with Crippen molar-refractivity contribution in [1.29, 1.82) is 0 Å². The molecule has 0 bridgehead atoms. The van der Waals surface area contributed by atoms with Crippen LogP contribution in [-0.2, 0) is 0 Å². The molecule has 1 heterocycles. The Labute approximate surface area is 258 Å². The zero-order chi connectivity index (χ0) is 29.8. The molecule has 0 spiro atoms. The Morgan fingerprint density at radius 3 is 2.33 bits per heavy atom. The lowest BCUT2D eigenvalue weighted by Crippen LogP contribution is -2.38. The van der Waals surface area contributed by atoms with Crippen LogP contribution in [0, 0.1) is 18.8 Å². The van der Waals surface area contributed by atoms with Crippen LogP contribution in [0.25, 0.3) is 11.6 Å². The first-order valence-corrected chi connectivity index (χ1v) is 15.6. The predicted molar refractivity (Wildman–Crippen MR) is 187 cm³/mol. The molecule has 6 rings (SSSR count). The van der Waals surface area contributed by atoms with Crippen LogP contribution in [0.4, 0.5) is 17.1 Å². The first-order valence-electron chi connectivity index (χ1n) is 15.6. The third-order valence-corrected chi connectivity index (χ3v) is 9.07. The van der Waals surface area contributed by atoms with Gasteiger partial charge in [0.1, 0.15) is 0 Å². The third-order valence-electron chi connectivity index (χ3n) is 9.07. The summed E-state index contributed by atoms with van der Waals surface area (Å²) in [6, 6.07) is 27.1. The second-order valence-corrected chi connectivity index (χ2v) is 11.8. The number of nitrogens with zero attached hydrogens (tertiary/aromatic N) is 2. The van der Waals surface area contributed by atoms with E-state index in [2.05, 4.69) is 177 Å². The van der Waals surface area contributed by atoms with Crippen LogP contribution >= 0.6 is 0 Å². The van der Waals surface area contributed by atoms with Gasteiger partial charge < -0.3 is 9.80 Å². The van der Waals surface area contributed by atoms with Gasteiger partial charge in [0, 0.05) is 28.7 Å². The summed E-state index contributed by atoms with van der Waals surface area (Å²) in [6.07, 6.45) is 26.6. The van der Waals surface area contributed by atoms with Crippen molar-refractivity contribution in [3.63, 3.8) is 0 Å². The zero-order valence-corrected chi connectivity index (χ0v) is 25.6. The average Bonchev–Trinajstić information content (AvgIpc) is 3.21. The van der Waals surface area contributed by atoms with Gasteiger partial charge in [0.2, 0.25) is 0 Å². The maximum absolute atomic E-state index is 4.64. The van der Waals surface area contributed by atoms with Gasteiger partial charge in [-0.25, -0.2) is 0 Å². The van der Waals surface area contributed by atoms with E-state index in [1.807, 2.05) is 0 Å². The summed E-state index contributed by atoms with van der Waals surface area (Å²) in [7, 11) is 0. The van der Waals surface area contributed by atoms with E-state index in [-0.39, 0.29) is 12.1 Å². The number of para-hydroxylation sites is 2. The van der Waals surface area contributed by atoms with Crippen molar-refractivity contribution in [3.05, 3.63) is 163 Å². The summed E-state index contributed by atoms with van der Waals surface area (Å²) in [5.74, 6) is 0.742. The van der Waals surface area contributed by atoms with E-state index in [1.54, 1.807) is 0 Å². The number of allylic oxidation sites excluding steroid dienone is 7. The van der Waals surface area contributed by atoms with Crippen LogP contribution in [0.1, 0.15) is 43.4 Å². The zero-order valence-electron chi connectivity index (χ0n) is 25.6. The minimum atomic E-state index is 0.240. The first-order chi connectivity index (χ1) is 21.0. The molecule has 0 fully saturated rings. The van der Waals surface area contributed by atoms with E-state index in [0.29, 0.717) is 11.8 Å². The van der Waals surface area contributed by atoms with Gasteiger partial charge in [-0.1, -0.05) is 129 Å². The molecule has 3 aromatic carbocycles. The molecule has 2 aliphatic carbocycles. The second-order valence-electron chi connectivity index (χ2n) is 11.8. The van der Waals surface area contributed by atoms with E-state index >= 15 is 0 Å². The van der Waals surface area contributed by atoms with Crippen molar-refractivity contribution in [1.82, 2.24) is 0 Å². The summed E-state index contributed by atoms with van der Waals surface area (Å²) in [6.45, 7) is 11.3. The van der Waals surface area contributed by atoms with Crippen molar-refractivity contribution in [2.45, 2.75) is 45.7 Å². The van der Waals surface area contributed by atoms with E-state index in [0.717, 1.165) is 18.5 Å². The topological polar surface area (TPSA) is 6.48 Å². The molecule has 0 aromatic heterocycles. The number of benzene rings is 3. The maximum Gasteiger partial charge on any atom is 0.0619 e. The lowest BCUT2D eigenvalue weighted by atomic mass is 9.92. The Morgan fingerprint density at radius 1 is 0.814 bits per heavy atom. The molecule has 0 saturated heterocycles. The molecule has 3 aliphatic rings. The molecular formula is C41H42N2. The van der Waals surface area contributed by atoms with Crippen LogP contribution in [0.2, 0.25) is 0 Å². The van der Waals surface area contributed by atoms with Gasteiger partial charge in [-0.05, 0) is 79.1 Å². The minimum absolute atomic E-state index is 0.240. The Morgan fingerprint density at radius 2 is 1.53 bits per heavy atom. The standard InChI is InChI=1S/C41H42N2/c1-5-33(23-22-32(4)42-40-20-12-8-16-35(40)24-25-36-17-9-13-21-41(36)42)34-26-28-37(29-27-34)43(38-18-10-6-14-30(38)2)39-19-11-7-15-31(39)3/h5-21,24-30,35,38,40H,4,22-23H2,1-3H3/b33-5+. The molecule has 4 unspecified atom stereocenters. The van der Waals surface area contributed by atoms with E-state index in [1.165, 1.54) is 39.3 Å². The van der Waals surface area contributed by atoms with Gasteiger partial charge in [0.05, 0.1) is 12.1 Å². The largest absolute Gasteiger partial charge is 0.337 e. The highest BCUT2D eigenvalue weighted by Gasteiger charge is 2.29. The van der Waals surface area contributed by atoms with Crippen molar-refractivity contribution in [2.75, 3.05) is 9.80 Å². The van der Waals surface area contributed by atoms with Gasteiger partial charge in [0.25, 0.3) is 0 Å². The molecular weight excluding hydrogens is 520 g/mol. The monoisotopic (exact) mass is 562 g/mol. The van der Waals surface area contributed by atoms with Crippen molar-refractivity contribution < 1.29 is 0 Å². The van der Waals surface area contributed by atoms with Crippen LogP contribution < -0.4 is 9.80 Å². The molecule has 2 nitrogen and oxygen atoms in total. The smallest absolute Gasteiger partial charge is 0.0619 e. The number of anilines is 3. The second kappa shape index (κ2) is 12.8. The van der Waals surface area contributed by atoms with E-state index < -0.39 is 0 Å². The molecule has 1 aliphatic heterocycles. The summed E-state index contributed by atoms with van der Waals surface area (Å²) in [5, 5.41) is 0. The van der Waals surface area contributed by atoms with Crippen molar-refractivity contribution in [3.8, 4) is 0 Å². The normalized spacial score (nSPS) is 22.2. The molecule has 4 atom stereocenters. The molecule has 0 radical (unpaired) electrons. The highest BCUT2D eigenvalue weighted by atomic mass is 15.2. The maximum atomic E-state index is 4.64. The summed E-state index contributed by atoms with van der Waals surface area (Å²) >= 11 is 0. The number of aryl methyl sites for hydroxylation is 1. The molecule has 0 saturated carbocycles. The third kappa shape index (κ3) is 5.88. The van der Waals surface area contributed by atoms with Crippen LogP contribution in [0.5, 0.6) is 0 Å². The minimum Gasteiger partial charge on any atom is -0.337 e. The summed E-state index contributed by atoms with van der Waals surface area (Å²) in [5.41, 5.74) is 10.0. The Balaban J connectivity index is 1.23. The lowest BCUT2D eigenvalue weighted by Gasteiger charge is -2.37. The van der Waals surface area contributed by atoms with Gasteiger partial charge in [0.15, 0.2) is 0 Å². The Bertz CT molecular complexity index is 1640. The number of fused-ring (bicyclic) bond motifs is 2. The predicted octanol–water partition coefficient (Wildman–Crippen LogP) is 10.6. The molecule has 43 heavy (non-hydrogen) atoms.